The van der Waals surface area contributed by atoms with Crippen LogP contribution in [0.5, 0.6) is 11.5 Å². The molecule has 0 amide bonds. The molecule has 0 bridgehead atoms. The van der Waals surface area contributed by atoms with Gasteiger partial charge in [0.25, 0.3) is 5.72 Å². The molecule has 226 valence electrons. The Kier molecular flexibility index (Phi) is 14.5. The monoisotopic (exact) mass is 567 g/mol. The SMILES string of the molecule is CCCCOC(=O)Oc1ccc(C[C@](NC(C)CC)(OC(=O)C(C)(C)CC)C(=O)O)cc1OC(=O)OCCCC. The van der Waals surface area contributed by atoms with E-state index in [-0.39, 0.29) is 37.2 Å². The minimum Gasteiger partial charge on any atom is -0.477 e. The number of benzene rings is 1. The average Bonchev–Trinajstić information content (AvgIpc) is 2.90. The zero-order chi connectivity index (χ0) is 30.3. The first kappa shape index (κ1) is 34.7. The maximum Gasteiger partial charge on any atom is 0.513 e. The lowest BCUT2D eigenvalue weighted by atomic mass is 9.90. The van der Waals surface area contributed by atoms with Crippen molar-refractivity contribution in [1.82, 2.24) is 5.32 Å². The average molecular weight is 568 g/mol. The van der Waals surface area contributed by atoms with Crippen molar-refractivity contribution in [1.29, 1.82) is 0 Å². The van der Waals surface area contributed by atoms with Crippen LogP contribution < -0.4 is 14.8 Å². The molecule has 2 N–H and O–H groups in total. The fourth-order valence-corrected chi connectivity index (χ4v) is 3.19. The summed E-state index contributed by atoms with van der Waals surface area (Å²) in [7, 11) is 0. The van der Waals surface area contributed by atoms with Crippen molar-refractivity contribution in [2.24, 2.45) is 5.41 Å². The van der Waals surface area contributed by atoms with Crippen LogP contribution >= 0.6 is 0 Å². The number of carbonyl (C=O) groups excluding carboxylic acids is 3. The smallest absolute Gasteiger partial charge is 0.477 e. The fourth-order valence-electron chi connectivity index (χ4n) is 3.19. The summed E-state index contributed by atoms with van der Waals surface area (Å²) in [6.45, 7) is 13.0. The Morgan fingerprint density at radius 3 is 1.93 bits per heavy atom. The van der Waals surface area contributed by atoms with E-state index in [0.717, 1.165) is 12.8 Å². The maximum atomic E-state index is 13.0. The van der Waals surface area contributed by atoms with Gasteiger partial charge < -0.3 is 28.8 Å². The summed E-state index contributed by atoms with van der Waals surface area (Å²) in [6, 6.07) is 3.85. The lowest BCUT2D eigenvalue weighted by Gasteiger charge is -2.35. The van der Waals surface area contributed by atoms with Gasteiger partial charge in [-0.15, -0.1) is 0 Å². The lowest BCUT2D eigenvalue weighted by molar-refractivity contribution is -0.191. The molecule has 1 rings (SSSR count). The van der Waals surface area contributed by atoms with Crippen LogP contribution in [-0.2, 0) is 30.2 Å². The second-order valence-corrected chi connectivity index (χ2v) is 10.3. The van der Waals surface area contributed by atoms with Crippen molar-refractivity contribution in [3.05, 3.63) is 23.8 Å². The third-order valence-electron chi connectivity index (χ3n) is 6.42. The zero-order valence-corrected chi connectivity index (χ0v) is 24.8. The van der Waals surface area contributed by atoms with Crippen molar-refractivity contribution in [3.63, 3.8) is 0 Å². The summed E-state index contributed by atoms with van der Waals surface area (Å²) in [5.74, 6) is -2.39. The molecule has 1 unspecified atom stereocenters. The molecule has 2 atom stereocenters. The van der Waals surface area contributed by atoms with Crippen molar-refractivity contribution < 1.29 is 48.0 Å². The Labute approximate surface area is 236 Å². The van der Waals surface area contributed by atoms with Crippen molar-refractivity contribution >= 4 is 24.2 Å². The number of hydrogen-bond acceptors (Lipinski definition) is 10. The lowest BCUT2D eigenvalue weighted by Crippen LogP contribution is -2.60. The van der Waals surface area contributed by atoms with Gasteiger partial charge in [-0.3, -0.25) is 10.1 Å². The number of aliphatic carboxylic acids is 1. The highest BCUT2D eigenvalue weighted by Crippen LogP contribution is 2.32. The van der Waals surface area contributed by atoms with E-state index in [1.807, 2.05) is 20.8 Å². The van der Waals surface area contributed by atoms with Crippen LogP contribution in [0.3, 0.4) is 0 Å². The maximum absolute atomic E-state index is 13.0. The largest absolute Gasteiger partial charge is 0.513 e. The van der Waals surface area contributed by atoms with Gasteiger partial charge in [-0.1, -0.05) is 46.6 Å². The van der Waals surface area contributed by atoms with Crippen LogP contribution in [0, 0.1) is 5.41 Å². The first-order valence-corrected chi connectivity index (χ1v) is 13.9. The number of rotatable bonds is 17. The van der Waals surface area contributed by atoms with Crippen LogP contribution in [-0.4, -0.2) is 54.3 Å². The summed E-state index contributed by atoms with van der Waals surface area (Å²) in [5.41, 5.74) is -2.73. The van der Waals surface area contributed by atoms with Crippen LogP contribution in [0.1, 0.15) is 92.6 Å². The van der Waals surface area contributed by atoms with Crippen LogP contribution in [0.2, 0.25) is 0 Å². The molecule has 0 saturated heterocycles. The topological polar surface area (TPSA) is 147 Å². The number of hydrogen-bond donors (Lipinski definition) is 2. The van der Waals surface area contributed by atoms with E-state index >= 15 is 0 Å². The van der Waals surface area contributed by atoms with Crippen molar-refractivity contribution in [3.8, 4) is 11.5 Å². The number of esters is 1. The second kappa shape index (κ2) is 16.7. The van der Waals surface area contributed by atoms with E-state index < -0.39 is 35.4 Å². The van der Waals surface area contributed by atoms with Gasteiger partial charge >= 0.3 is 24.2 Å². The molecule has 0 fully saturated rings. The standard InChI is InChI=1S/C29H45NO10/c1-8-12-16-36-26(34)38-22-15-14-21(18-23(22)39-27(35)37-17-13-9-2)19-29(24(31)32,30-20(5)10-3)40-25(33)28(6,7)11-4/h14-15,18,20,30H,8-13,16-17,19H2,1-7H3,(H,31,32)/t20?,29-/m0/s1. The molecule has 0 aromatic heterocycles. The molecule has 0 aliphatic rings. The number of carbonyl (C=O) groups is 4. The Morgan fingerprint density at radius 2 is 1.45 bits per heavy atom. The molecule has 0 heterocycles. The summed E-state index contributed by atoms with van der Waals surface area (Å²) < 4.78 is 26.3. The number of ether oxygens (including phenoxy) is 5. The second-order valence-electron chi connectivity index (χ2n) is 10.3. The molecule has 11 heteroatoms. The molecule has 0 saturated carbocycles. The van der Waals surface area contributed by atoms with Gasteiger partial charge in [0, 0.05) is 12.5 Å². The summed E-state index contributed by atoms with van der Waals surface area (Å²) in [6.07, 6.45) is 1.57. The molecule has 0 aliphatic heterocycles. The summed E-state index contributed by atoms with van der Waals surface area (Å²) >= 11 is 0. The van der Waals surface area contributed by atoms with Gasteiger partial charge in [-0.2, -0.15) is 0 Å². The van der Waals surface area contributed by atoms with E-state index in [1.165, 1.54) is 18.2 Å². The van der Waals surface area contributed by atoms with Gasteiger partial charge in [0.05, 0.1) is 18.6 Å². The number of carboxylic acids is 1. The highest BCUT2D eigenvalue weighted by Gasteiger charge is 2.46. The minimum atomic E-state index is -2.13. The normalized spacial score (nSPS) is 13.5. The summed E-state index contributed by atoms with van der Waals surface area (Å²) in [5, 5.41) is 13.2. The fraction of sp³-hybridized carbons (Fsp3) is 0.655. The molecule has 40 heavy (non-hydrogen) atoms. The third kappa shape index (κ3) is 11.0. The molecule has 11 nitrogen and oxygen atoms in total. The molecular formula is C29H45NO10. The molecular weight excluding hydrogens is 522 g/mol. The van der Waals surface area contributed by atoms with E-state index in [2.05, 4.69) is 5.32 Å². The summed E-state index contributed by atoms with van der Waals surface area (Å²) in [4.78, 5) is 50.2. The molecule has 0 aliphatic carbocycles. The molecule has 1 aromatic rings. The van der Waals surface area contributed by atoms with Gasteiger partial charge in [-0.25, -0.2) is 14.4 Å². The number of carboxylic acid groups (broad SMARTS) is 1. The minimum absolute atomic E-state index is 0.127. The Morgan fingerprint density at radius 1 is 0.900 bits per heavy atom. The molecule has 0 spiro atoms. The van der Waals surface area contributed by atoms with Crippen LogP contribution in [0.4, 0.5) is 9.59 Å². The van der Waals surface area contributed by atoms with Gasteiger partial charge in [0.2, 0.25) is 0 Å². The van der Waals surface area contributed by atoms with E-state index in [1.54, 1.807) is 27.7 Å². The van der Waals surface area contributed by atoms with Crippen LogP contribution in [0.25, 0.3) is 0 Å². The molecule has 1 aromatic carbocycles. The van der Waals surface area contributed by atoms with E-state index in [0.29, 0.717) is 31.2 Å². The molecule has 0 radical (unpaired) electrons. The van der Waals surface area contributed by atoms with Gasteiger partial charge in [0.15, 0.2) is 11.5 Å². The highest BCUT2D eigenvalue weighted by molar-refractivity contribution is 5.84. The number of nitrogens with one attached hydrogen (secondary N) is 1. The first-order chi connectivity index (χ1) is 18.8. The third-order valence-corrected chi connectivity index (χ3v) is 6.42. The van der Waals surface area contributed by atoms with E-state index in [9.17, 15) is 24.3 Å². The van der Waals surface area contributed by atoms with Crippen molar-refractivity contribution in [2.45, 2.75) is 105 Å². The zero-order valence-electron chi connectivity index (χ0n) is 24.8. The number of unbranched alkanes of at least 4 members (excludes halogenated alkanes) is 2. The Bertz CT molecular complexity index is 993. The highest BCUT2D eigenvalue weighted by atomic mass is 16.7. The predicted octanol–water partition coefficient (Wildman–Crippen LogP) is 6.01. The quantitative estimate of drug-likeness (QED) is 0.0750. The van der Waals surface area contributed by atoms with Gasteiger partial charge in [0.1, 0.15) is 0 Å². The predicted molar refractivity (Wildman–Crippen MR) is 147 cm³/mol. The van der Waals surface area contributed by atoms with Crippen molar-refractivity contribution in [2.75, 3.05) is 13.2 Å². The van der Waals surface area contributed by atoms with E-state index in [4.69, 9.17) is 23.7 Å². The first-order valence-electron chi connectivity index (χ1n) is 13.9. The van der Waals surface area contributed by atoms with Gasteiger partial charge in [-0.05, 0) is 64.2 Å². The Hall–Kier alpha value is -3.34. The Balaban J connectivity index is 3.44. The van der Waals surface area contributed by atoms with Crippen LogP contribution in [0.15, 0.2) is 18.2 Å².